The lowest BCUT2D eigenvalue weighted by atomic mass is 9.87. The van der Waals surface area contributed by atoms with Gasteiger partial charge < -0.3 is 14.8 Å². The van der Waals surface area contributed by atoms with Gasteiger partial charge in [-0.2, -0.15) is 0 Å². The molecule has 0 aliphatic carbocycles. The van der Waals surface area contributed by atoms with Crippen molar-refractivity contribution < 1.29 is 14.3 Å². The normalized spacial score (nSPS) is 12.1. The highest BCUT2D eigenvalue weighted by Gasteiger charge is 2.19. The maximum atomic E-state index is 12.6. The van der Waals surface area contributed by atoms with Gasteiger partial charge in [0.25, 0.3) is 5.91 Å². The van der Waals surface area contributed by atoms with Crippen LogP contribution in [0.1, 0.15) is 39.7 Å². The third kappa shape index (κ3) is 6.17. The topological polar surface area (TPSA) is 47.6 Å². The summed E-state index contributed by atoms with van der Waals surface area (Å²) < 4.78 is 11.3. The predicted molar refractivity (Wildman–Crippen MR) is 111 cm³/mol. The molecule has 0 spiro atoms. The van der Waals surface area contributed by atoms with E-state index in [1.165, 1.54) is 5.56 Å². The van der Waals surface area contributed by atoms with Gasteiger partial charge in [0.05, 0.1) is 0 Å². The molecule has 4 heteroatoms. The van der Waals surface area contributed by atoms with Gasteiger partial charge in [0.15, 0.2) is 6.10 Å². The summed E-state index contributed by atoms with van der Waals surface area (Å²) >= 11 is 0. The van der Waals surface area contributed by atoms with E-state index in [-0.39, 0.29) is 11.3 Å². The zero-order valence-electron chi connectivity index (χ0n) is 16.6. The average molecular weight is 367 g/mol. The maximum Gasteiger partial charge on any atom is 0.265 e. The van der Waals surface area contributed by atoms with Crippen LogP contribution in [-0.2, 0) is 10.2 Å². The Hall–Kier alpha value is -2.75. The lowest BCUT2D eigenvalue weighted by Gasteiger charge is -2.21. The first-order chi connectivity index (χ1) is 12.8. The fraction of sp³-hybridized carbons (Fsp3) is 0.348. The van der Waals surface area contributed by atoms with E-state index in [0.717, 1.165) is 5.75 Å². The van der Waals surface area contributed by atoms with Crippen LogP contribution in [0.3, 0.4) is 0 Å². The lowest BCUT2D eigenvalue weighted by Crippen LogP contribution is -2.32. The number of carbonyl (C=O) groups is 1. The van der Waals surface area contributed by atoms with Gasteiger partial charge in [-0.15, -0.1) is 0 Å². The Morgan fingerprint density at radius 2 is 1.67 bits per heavy atom. The van der Waals surface area contributed by atoms with Crippen LogP contribution in [0, 0.1) is 0 Å². The molecular weight excluding hydrogens is 338 g/mol. The van der Waals surface area contributed by atoms with Crippen molar-refractivity contribution in [3.8, 4) is 11.5 Å². The molecule has 0 radical (unpaired) electrons. The Bertz CT molecular complexity index is 743. The standard InChI is InChI=1S/C23H29NO3/c1-6-16-26-19-14-10-18(11-15-19)24-22(25)21(7-2)27-20-12-8-17(9-13-20)23(3,4)5/h6,8-15,21H,1,7,16H2,2-5H3,(H,24,25)/t21-/m1/s1. The van der Waals surface area contributed by atoms with Crippen molar-refractivity contribution in [2.45, 2.75) is 45.6 Å². The molecule has 0 aliphatic heterocycles. The number of benzene rings is 2. The summed E-state index contributed by atoms with van der Waals surface area (Å²) in [6.45, 7) is 12.5. The lowest BCUT2D eigenvalue weighted by molar-refractivity contribution is -0.122. The minimum atomic E-state index is -0.554. The van der Waals surface area contributed by atoms with E-state index in [1.807, 2.05) is 43.3 Å². The first-order valence-corrected chi connectivity index (χ1v) is 9.25. The number of carbonyl (C=O) groups excluding carboxylic acids is 1. The van der Waals surface area contributed by atoms with E-state index in [1.54, 1.807) is 18.2 Å². The second kappa shape index (κ2) is 9.26. The van der Waals surface area contributed by atoms with E-state index in [0.29, 0.717) is 24.5 Å². The SMILES string of the molecule is C=CCOc1ccc(NC(=O)[C@@H](CC)Oc2ccc(C(C)(C)C)cc2)cc1. The number of anilines is 1. The molecule has 0 heterocycles. The molecule has 0 fully saturated rings. The van der Waals surface area contributed by atoms with Gasteiger partial charge in [-0.05, 0) is 53.8 Å². The summed E-state index contributed by atoms with van der Waals surface area (Å²) in [4.78, 5) is 12.6. The molecule has 27 heavy (non-hydrogen) atoms. The number of amides is 1. The van der Waals surface area contributed by atoms with Crippen LogP contribution in [0.2, 0.25) is 0 Å². The molecule has 2 aromatic rings. The van der Waals surface area contributed by atoms with E-state index in [4.69, 9.17) is 9.47 Å². The van der Waals surface area contributed by atoms with Gasteiger partial charge in [0, 0.05) is 5.69 Å². The van der Waals surface area contributed by atoms with Crippen LogP contribution in [0.25, 0.3) is 0 Å². The second-order valence-corrected chi connectivity index (χ2v) is 7.40. The fourth-order valence-corrected chi connectivity index (χ4v) is 2.53. The monoisotopic (exact) mass is 367 g/mol. The van der Waals surface area contributed by atoms with Gasteiger partial charge in [-0.3, -0.25) is 4.79 Å². The third-order valence-electron chi connectivity index (χ3n) is 4.15. The zero-order chi connectivity index (χ0) is 19.9. The third-order valence-corrected chi connectivity index (χ3v) is 4.15. The highest BCUT2D eigenvalue weighted by atomic mass is 16.5. The number of rotatable bonds is 8. The predicted octanol–water partition coefficient (Wildman–Crippen LogP) is 5.35. The molecule has 0 saturated carbocycles. The largest absolute Gasteiger partial charge is 0.490 e. The van der Waals surface area contributed by atoms with Crippen molar-refractivity contribution in [1.82, 2.24) is 0 Å². The van der Waals surface area contributed by atoms with Gasteiger partial charge in [0.1, 0.15) is 18.1 Å². The van der Waals surface area contributed by atoms with E-state index >= 15 is 0 Å². The molecule has 144 valence electrons. The van der Waals surface area contributed by atoms with E-state index < -0.39 is 6.10 Å². The summed E-state index contributed by atoms with van der Waals surface area (Å²) in [5, 5.41) is 2.89. The second-order valence-electron chi connectivity index (χ2n) is 7.40. The summed E-state index contributed by atoms with van der Waals surface area (Å²) in [5.41, 5.74) is 2.02. The Labute approximate surface area is 162 Å². The Morgan fingerprint density at radius 1 is 1.07 bits per heavy atom. The molecule has 0 aliphatic rings. The molecule has 0 bridgehead atoms. The van der Waals surface area contributed by atoms with E-state index in [9.17, 15) is 4.79 Å². The minimum absolute atomic E-state index is 0.0849. The summed E-state index contributed by atoms with van der Waals surface area (Å²) in [6.07, 6.45) is 1.71. The Balaban J connectivity index is 1.98. The molecule has 0 aromatic heterocycles. The van der Waals surface area contributed by atoms with E-state index in [2.05, 4.69) is 32.7 Å². The smallest absolute Gasteiger partial charge is 0.265 e. The van der Waals surface area contributed by atoms with Gasteiger partial charge in [0.2, 0.25) is 0 Å². The zero-order valence-corrected chi connectivity index (χ0v) is 16.6. The van der Waals surface area contributed by atoms with Crippen molar-refractivity contribution in [3.63, 3.8) is 0 Å². The highest BCUT2D eigenvalue weighted by molar-refractivity contribution is 5.94. The summed E-state index contributed by atoms with van der Waals surface area (Å²) in [5.74, 6) is 1.26. The molecule has 0 saturated heterocycles. The summed E-state index contributed by atoms with van der Waals surface area (Å²) in [6, 6.07) is 15.2. The number of nitrogens with one attached hydrogen (secondary N) is 1. The van der Waals surface area contributed by atoms with Gasteiger partial charge in [-0.25, -0.2) is 0 Å². The van der Waals surface area contributed by atoms with Crippen molar-refractivity contribution in [1.29, 1.82) is 0 Å². The molecule has 4 nitrogen and oxygen atoms in total. The van der Waals surface area contributed by atoms with Gasteiger partial charge in [-0.1, -0.05) is 52.5 Å². The first kappa shape index (κ1) is 20.6. The number of hydrogen-bond acceptors (Lipinski definition) is 3. The Kier molecular flexibility index (Phi) is 7.05. The molecule has 0 unspecified atom stereocenters. The van der Waals surface area contributed by atoms with Crippen molar-refractivity contribution in [2.75, 3.05) is 11.9 Å². The van der Waals surface area contributed by atoms with Gasteiger partial charge >= 0.3 is 0 Å². The maximum absolute atomic E-state index is 12.6. The molecule has 1 amide bonds. The number of ether oxygens (including phenoxy) is 2. The summed E-state index contributed by atoms with van der Waals surface area (Å²) in [7, 11) is 0. The number of hydrogen-bond donors (Lipinski definition) is 1. The average Bonchev–Trinajstić information content (AvgIpc) is 2.65. The van der Waals surface area contributed by atoms with Crippen LogP contribution in [0.5, 0.6) is 11.5 Å². The molecule has 1 N–H and O–H groups in total. The molecule has 2 rings (SSSR count). The van der Waals surface area contributed by atoms with Crippen LogP contribution in [0.15, 0.2) is 61.2 Å². The van der Waals surface area contributed by atoms with Crippen LogP contribution in [0.4, 0.5) is 5.69 Å². The van der Waals surface area contributed by atoms with Crippen LogP contribution < -0.4 is 14.8 Å². The first-order valence-electron chi connectivity index (χ1n) is 9.25. The van der Waals surface area contributed by atoms with Crippen molar-refractivity contribution >= 4 is 11.6 Å². The highest BCUT2D eigenvalue weighted by Crippen LogP contribution is 2.25. The molecular formula is C23H29NO3. The minimum Gasteiger partial charge on any atom is -0.490 e. The quantitative estimate of drug-likeness (QED) is 0.640. The van der Waals surface area contributed by atoms with Crippen LogP contribution in [-0.4, -0.2) is 18.6 Å². The fourth-order valence-electron chi connectivity index (χ4n) is 2.53. The van der Waals surface area contributed by atoms with Crippen LogP contribution >= 0.6 is 0 Å². The Morgan fingerprint density at radius 3 is 2.19 bits per heavy atom. The van der Waals surface area contributed by atoms with Crippen molar-refractivity contribution in [2.24, 2.45) is 0 Å². The molecule has 1 atom stereocenters. The molecule has 2 aromatic carbocycles. The van der Waals surface area contributed by atoms with Crippen molar-refractivity contribution in [3.05, 3.63) is 66.7 Å².